The Morgan fingerprint density at radius 3 is 2.53 bits per heavy atom. The van der Waals surface area contributed by atoms with Crippen LogP contribution in [0.2, 0.25) is 0 Å². The zero-order valence-corrected chi connectivity index (χ0v) is 20.7. The first-order valence-electron chi connectivity index (χ1n) is 12.5. The monoisotopic (exact) mass is 485 g/mol. The molecule has 1 aliphatic rings. The topological polar surface area (TPSA) is 92.6 Å². The lowest BCUT2D eigenvalue weighted by Crippen LogP contribution is -2.37. The van der Waals surface area contributed by atoms with Gasteiger partial charge in [0.15, 0.2) is 0 Å². The van der Waals surface area contributed by atoms with Crippen molar-refractivity contribution < 1.29 is 9.53 Å². The van der Waals surface area contributed by atoms with Crippen molar-refractivity contribution in [2.75, 3.05) is 12.0 Å². The van der Waals surface area contributed by atoms with Gasteiger partial charge in [-0.2, -0.15) is 9.50 Å². The van der Waals surface area contributed by atoms with E-state index >= 15 is 0 Å². The second kappa shape index (κ2) is 10.4. The minimum atomic E-state index is -0.206. The van der Waals surface area contributed by atoms with Crippen molar-refractivity contribution in [2.45, 2.75) is 52.0 Å². The summed E-state index contributed by atoms with van der Waals surface area (Å²) >= 11 is 0. The van der Waals surface area contributed by atoms with Gasteiger partial charge < -0.3 is 4.74 Å². The highest BCUT2D eigenvalue weighted by Crippen LogP contribution is 2.29. The molecule has 0 bridgehead atoms. The van der Waals surface area contributed by atoms with Crippen LogP contribution in [0.25, 0.3) is 5.78 Å². The lowest BCUT2D eigenvalue weighted by Gasteiger charge is -2.28. The Labute approximate surface area is 209 Å². The summed E-state index contributed by atoms with van der Waals surface area (Å²) in [4.78, 5) is 38.1. The van der Waals surface area contributed by atoms with E-state index in [1.54, 1.807) is 12.0 Å². The zero-order chi connectivity index (χ0) is 25.1. The number of benzene rings is 2. The van der Waals surface area contributed by atoms with Gasteiger partial charge in [-0.05, 0) is 31.4 Å². The summed E-state index contributed by atoms with van der Waals surface area (Å²) in [7, 11) is 1.62. The molecule has 8 heteroatoms. The van der Waals surface area contributed by atoms with Gasteiger partial charge in [0.05, 0.1) is 19.3 Å². The first-order chi connectivity index (χ1) is 17.5. The minimum absolute atomic E-state index is 0.00828. The van der Waals surface area contributed by atoms with Crippen molar-refractivity contribution in [2.24, 2.45) is 5.92 Å². The molecule has 0 spiro atoms. The molecule has 1 N–H and O–H groups in total. The first kappa shape index (κ1) is 23.8. The van der Waals surface area contributed by atoms with Crippen LogP contribution in [0.1, 0.15) is 54.5 Å². The Balaban J connectivity index is 1.55. The number of fused-ring (bicyclic) bond motifs is 1. The molecule has 0 unspecified atom stereocenters. The average molecular weight is 486 g/mol. The number of anilines is 1. The molecule has 5 rings (SSSR count). The largest absolute Gasteiger partial charge is 0.496 e. The summed E-state index contributed by atoms with van der Waals surface area (Å²) in [5, 5.41) is 3.09. The van der Waals surface area contributed by atoms with Gasteiger partial charge in [-0.15, -0.1) is 0 Å². The number of aromatic nitrogens is 4. The number of carbonyl (C=O) groups excluding carboxylic acids is 1. The summed E-state index contributed by atoms with van der Waals surface area (Å²) in [6.07, 6.45) is 5.44. The Kier molecular flexibility index (Phi) is 6.84. The Bertz CT molecular complexity index is 1420. The lowest BCUT2D eigenvalue weighted by atomic mass is 9.88. The lowest BCUT2D eigenvalue weighted by molar-refractivity contribution is -0.123. The number of nitrogens with zero attached hydrogens (tertiary/aromatic N) is 4. The highest BCUT2D eigenvalue weighted by Gasteiger charge is 2.30. The summed E-state index contributed by atoms with van der Waals surface area (Å²) in [6, 6.07) is 17.5. The first-order valence-corrected chi connectivity index (χ1v) is 12.5. The second-order valence-corrected chi connectivity index (χ2v) is 9.40. The molecule has 4 aromatic rings. The fourth-order valence-corrected chi connectivity index (χ4v) is 5.00. The van der Waals surface area contributed by atoms with E-state index in [-0.39, 0.29) is 29.7 Å². The van der Waals surface area contributed by atoms with Crippen molar-refractivity contribution in [3.05, 3.63) is 87.3 Å². The van der Waals surface area contributed by atoms with Crippen LogP contribution >= 0.6 is 0 Å². The van der Waals surface area contributed by atoms with E-state index in [0.29, 0.717) is 29.4 Å². The summed E-state index contributed by atoms with van der Waals surface area (Å²) < 4.78 is 6.89. The third kappa shape index (κ3) is 4.76. The number of aromatic amines is 1. The molecule has 36 heavy (non-hydrogen) atoms. The molecule has 2 aromatic carbocycles. The molecule has 0 saturated heterocycles. The van der Waals surface area contributed by atoms with Crippen molar-refractivity contribution in [1.82, 2.24) is 19.6 Å². The number of carbonyl (C=O) groups is 1. The third-order valence-electron chi connectivity index (χ3n) is 7.00. The Morgan fingerprint density at radius 1 is 1.06 bits per heavy atom. The van der Waals surface area contributed by atoms with Crippen LogP contribution in [0.5, 0.6) is 5.75 Å². The average Bonchev–Trinajstić information content (AvgIpc) is 3.34. The number of para-hydroxylation sites is 1. The number of hydrogen-bond donors (Lipinski definition) is 1. The van der Waals surface area contributed by atoms with E-state index in [4.69, 9.17) is 4.74 Å². The van der Waals surface area contributed by atoms with Crippen molar-refractivity contribution in [1.29, 1.82) is 0 Å². The van der Waals surface area contributed by atoms with Crippen LogP contribution in [-0.2, 0) is 17.8 Å². The molecule has 8 nitrogen and oxygen atoms in total. The fourth-order valence-electron chi connectivity index (χ4n) is 5.00. The van der Waals surface area contributed by atoms with Crippen molar-refractivity contribution >= 4 is 17.6 Å². The highest BCUT2D eigenvalue weighted by molar-refractivity contribution is 5.93. The van der Waals surface area contributed by atoms with Gasteiger partial charge in [0.1, 0.15) is 5.75 Å². The predicted octanol–water partition coefficient (Wildman–Crippen LogP) is 4.44. The Hall–Kier alpha value is -3.94. The van der Waals surface area contributed by atoms with E-state index in [1.165, 1.54) is 4.52 Å². The normalized spacial score (nSPS) is 14.2. The SMILES string of the molecule is COc1ccccc1CN(C(=O)C1CCCCC1)c1nc2nc(C)c(Cc3ccccc3)c(=O)n2[nH]1. The van der Waals surface area contributed by atoms with Crippen molar-refractivity contribution in [3.63, 3.8) is 0 Å². The predicted molar refractivity (Wildman–Crippen MR) is 138 cm³/mol. The molecule has 0 radical (unpaired) electrons. The van der Waals surface area contributed by atoms with Crippen LogP contribution in [0.4, 0.5) is 5.95 Å². The maximum absolute atomic E-state index is 13.8. The number of aryl methyl sites for hydroxylation is 1. The summed E-state index contributed by atoms with van der Waals surface area (Å²) in [6.45, 7) is 2.11. The van der Waals surface area contributed by atoms with E-state index < -0.39 is 0 Å². The number of H-pyrrole nitrogens is 1. The van der Waals surface area contributed by atoms with Gasteiger partial charge in [0.25, 0.3) is 11.3 Å². The van der Waals surface area contributed by atoms with E-state index in [0.717, 1.165) is 43.2 Å². The molecule has 0 atom stereocenters. The van der Waals surface area contributed by atoms with Crippen LogP contribution < -0.4 is 15.2 Å². The van der Waals surface area contributed by atoms with Crippen LogP contribution in [0.15, 0.2) is 59.4 Å². The van der Waals surface area contributed by atoms with Gasteiger partial charge in [-0.1, -0.05) is 67.8 Å². The van der Waals surface area contributed by atoms with E-state index in [9.17, 15) is 9.59 Å². The minimum Gasteiger partial charge on any atom is -0.496 e. The standard InChI is InChI=1S/C28H31N5O3/c1-19-23(17-20-11-5-3-6-12-20)26(35)33-27(29-19)30-28(31-33)32(25(34)21-13-7-4-8-14-21)18-22-15-9-10-16-24(22)36-2/h3,5-6,9-12,15-16,21H,4,7-8,13-14,17-18H2,1-2H3,(H,29,30,31). The number of amides is 1. The third-order valence-corrected chi connectivity index (χ3v) is 7.00. The molecule has 1 fully saturated rings. The Morgan fingerprint density at radius 2 is 1.78 bits per heavy atom. The maximum atomic E-state index is 13.8. The second-order valence-electron chi connectivity index (χ2n) is 9.40. The molecule has 1 saturated carbocycles. The molecule has 186 valence electrons. The van der Waals surface area contributed by atoms with E-state index in [2.05, 4.69) is 15.1 Å². The fraction of sp³-hybridized carbons (Fsp3) is 0.357. The van der Waals surface area contributed by atoms with E-state index in [1.807, 2.05) is 61.5 Å². The van der Waals surface area contributed by atoms with Crippen LogP contribution in [0.3, 0.4) is 0 Å². The molecular formula is C28H31N5O3. The summed E-state index contributed by atoms with van der Waals surface area (Å²) in [5.74, 6) is 1.21. The quantitative estimate of drug-likeness (QED) is 0.418. The van der Waals surface area contributed by atoms with Gasteiger partial charge in [0.2, 0.25) is 11.9 Å². The molecule has 0 aliphatic heterocycles. The van der Waals surface area contributed by atoms with Gasteiger partial charge >= 0.3 is 0 Å². The number of ether oxygens (including phenoxy) is 1. The molecular weight excluding hydrogens is 454 g/mol. The number of hydrogen-bond acceptors (Lipinski definition) is 5. The number of nitrogens with one attached hydrogen (secondary N) is 1. The van der Waals surface area contributed by atoms with Gasteiger partial charge in [0, 0.05) is 23.5 Å². The van der Waals surface area contributed by atoms with Gasteiger partial charge in [-0.3, -0.25) is 19.6 Å². The molecule has 2 heterocycles. The summed E-state index contributed by atoms with van der Waals surface area (Å²) in [5.41, 5.74) is 2.93. The molecule has 2 aromatic heterocycles. The smallest absolute Gasteiger partial charge is 0.277 e. The highest BCUT2D eigenvalue weighted by atomic mass is 16.5. The number of methoxy groups -OCH3 is 1. The van der Waals surface area contributed by atoms with Crippen LogP contribution in [-0.4, -0.2) is 32.6 Å². The van der Waals surface area contributed by atoms with Gasteiger partial charge in [-0.25, -0.2) is 4.98 Å². The molecule has 1 aliphatic carbocycles. The zero-order valence-electron chi connectivity index (χ0n) is 20.7. The molecule has 1 amide bonds. The maximum Gasteiger partial charge on any atom is 0.277 e. The number of rotatable bonds is 7. The van der Waals surface area contributed by atoms with Crippen LogP contribution in [0, 0.1) is 12.8 Å². The van der Waals surface area contributed by atoms with Crippen molar-refractivity contribution in [3.8, 4) is 5.75 Å².